The van der Waals surface area contributed by atoms with Gasteiger partial charge in [-0.15, -0.1) is 12.4 Å². The van der Waals surface area contributed by atoms with Crippen molar-refractivity contribution < 1.29 is 13.6 Å². The summed E-state index contributed by atoms with van der Waals surface area (Å²) in [6.07, 6.45) is 0. The Morgan fingerprint density at radius 1 is 1.07 bits per heavy atom. The Bertz CT molecular complexity index is 946. The van der Waals surface area contributed by atoms with Crippen LogP contribution in [0.25, 0.3) is 10.2 Å². The van der Waals surface area contributed by atoms with Gasteiger partial charge in [0.1, 0.15) is 11.6 Å². The van der Waals surface area contributed by atoms with E-state index < -0.39 is 11.7 Å². The minimum Gasteiger partial charge on any atom is -0.302 e. The average molecular weight is 426 g/mol. The SMILES string of the molecule is CCN(CC)CCN(C(=O)c1ccccc1F)c1nc2ccc(F)cc2s1.Cl. The first-order valence-electron chi connectivity index (χ1n) is 8.88. The molecule has 0 aliphatic carbocycles. The monoisotopic (exact) mass is 425 g/mol. The molecular weight excluding hydrogens is 404 g/mol. The molecule has 0 atom stereocenters. The number of hydrogen-bond acceptors (Lipinski definition) is 4. The molecule has 3 rings (SSSR count). The van der Waals surface area contributed by atoms with Crippen molar-refractivity contribution in [2.45, 2.75) is 13.8 Å². The highest BCUT2D eigenvalue weighted by atomic mass is 35.5. The van der Waals surface area contributed by atoms with Crippen molar-refractivity contribution in [2.75, 3.05) is 31.1 Å². The van der Waals surface area contributed by atoms with E-state index in [4.69, 9.17) is 0 Å². The number of hydrogen-bond donors (Lipinski definition) is 0. The van der Waals surface area contributed by atoms with Gasteiger partial charge in [-0.2, -0.15) is 0 Å². The quantitative estimate of drug-likeness (QED) is 0.535. The van der Waals surface area contributed by atoms with Crippen LogP contribution in [0.4, 0.5) is 13.9 Å². The molecule has 0 aliphatic heterocycles. The molecule has 0 aliphatic rings. The molecule has 0 unspecified atom stereocenters. The summed E-state index contributed by atoms with van der Waals surface area (Å²) in [5, 5.41) is 0.441. The zero-order chi connectivity index (χ0) is 19.4. The van der Waals surface area contributed by atoms with Gasteiger partial charge >= 0.3 is 0 Å². The van der Waals surface area contributed by atoms with Crippen LogP contribution in [-0.4, -0.2) is 42.0 Å². The highest BCUT2D eigenvalue weighted by molar-refractivity contribution is 7.22. The predicted octanol–water partition coefficient (Wildman–Crippen LogP) is 4.98. The molecule has 0 fully saturated rings. The standard InChI is InChI=1S/C20H21F2N3OS.ClH/c1-3-24(4-2)11-12-25(19(26)15-7-5-6-8-16(15)22)20-23-17-10-9-14(21)13-18(17)27-20;/h5-10,13H,3-4,11-12H2,1-2H3;1H. The molecule has 0 radical (unpaired) electrons. The molecule has 4 nitrogen and oxygen atoms in total. The largest absolute Gasteiger partial charge is 0.302 e. The fourth-order valence-corrected chi connectivity index (χ4v) is 3.86. The maximum absolute atomic E-state index is 14.2. The van der Waals surface area contributed by atoms with Crippen LogP contribution in [0.3, 0.4) is 0 Å². The molecule has 0 N–H and O–H groups in total. The van der Waals surface area contributed by atoms with E-state index in [2.05, 4.69) is 9.88 Å². The van der Waals surface area contributed by atoms with Crippen LogP contribution >= 0.6 is 23.7 Å². The van der Waals surface area contributed by atoms with Gasteiger partial charge in [0.25, 0.3) is 5.91 Å². The molecule has 150 valence electrons. The fraction of sp³-hybridized carbons (Fsp3) is 0.300. The Kier molecular flexibility index (Phi) is 7.86. The van der Waals surface area contributed by atoms with E-state index in [9.17, 15) is 13.6 Å². The Morgan fingerprint density at radius 2 is 1.79 bits per heavy atom. The topological polar surface area (TPSA) is 36.4 Å². The number of thiazole rings is 1. The summed E-state index contributed by atoms with van der Waals surface area (Å²) in [6, 6.07) is 10.2. The number of carbonyl (C=O) groups excluding carboxylic acids is 1. The number of benzene rings is 2. The molecule has 1 heterocycles. The number of anilines is 1. The zero-order valence-corrected chi connectivity index (χ0v) is 17.3. The van der Waals surface area contributed by atoms with E-state index in [0.29, 0.717) is 28.4 Å². The lowest BCUT2D eigenvalue weighted by Crippen LogP contribution is -2.39. The summed E-state index contributed by atoms with van der Waals surface area (Å²) in [7, 11) is 0. The number of fused-ring (bicyclic) bond motifs is 1. The Morgan fingerprint density at radius 3 is 2.46 bits per heavy atom. The lowest BCUT2D eigenvalue weighted by Gasteiger charge is -2.24. The minimum atomic E-state index is -0.567. The van der Waals surface area contributed by atoms with Crippen LogP contribution in [0, 0.1) is 11.6 Å². The number of rotatable bonds is 7. The number of likely N-dealkylation sites (N-methyl/N-ethyl adjacent to an activating group) is 1. The van der Waals surface area contributed by atoms with Crippen molar-refractivity contribution >= 4 is 45.0 Å². The molecule has 0 bridgehead atoms. The van der Waals surface area contributed by atoms with E-state index in [1.807, 2.05) is 13.8 Å². The molecule has 8 heteroatoms. The van der Waals surface area contributed by atoms with E-state index in [-0.39, 0.29) is 23.8 Å². The first kappa shape index (κ1) is 22.2. The third-order valence-corrected chi connectivity index (χ3v) is 5.49. The summed E-state index contributed by atoms with van der Waals surface area (Å²) in [5.74, 6) is -1.37. The molecular formula is C20H22ClF2N3OS. The summed E-state index contributed by atoms with van der Waals surface area (Å²) in [6.45, 7) is 6.81. The molecule has 3 aromatic rings. The molecule has 0 saturated carbocycles. The van der Waals surface area contributed by atoms with Gasteiger partial charge in [0, 0.05) is 13.1 Å². The summed E-state index contributed by atoms with van der Waals surface area (Å²) >= 11 is 1.23. The lowest BCUT2D eigenvalue weighted by atomic mass is 10.2. The van der Waals surface area contributed by atoms with Gasteiger partial charge in [0.15, 0.2) is 5.13 Å². The Balaban J connectivity index is 0.00000280. The second kappa shape index (κ2) is 9.91. The number of carbonyl (C=O) groups is 1. The van der Waals surface area contributed by atoms with Gasteiger partial charge in [0.05, 0.1) is 15.8 Å². The smallest absolute Gasteiger partial charge is 0.263 e. The summed E-state index contributed by atoms with van der Waals surface area (Å²) in [5.41, 5.74) is 0.619. The van der Waals surface area contributed by atoms with E-state index in [0.717, 1.165) is 13.1 Å². The Labute approximate surface area is 173 Å². The summed E-state index contributed by atoms with van der Waals surface area (Å²) < 4.78 is 28.3. The van der Waals surface area contributed by atoms with Crippen LogP contribution in [0.5, 0.6) is 0 Å². The van der Waals surface area contributed by atoms with Crippen molar-refractivity contribution in [1.82, 2.24) is 9.88 Å². The summed E-state index contributed by atoms with van der Waals surface area (Å²) in [4.78, 5) is 21.2. The minimum absolute atomic E-state index is 0. The van der Waals surface area contributed by atoms with E-state index in [1.54, 1.807) is 18.2 Å². The number of nitrogens with zero attached hydrogens (tertiary/aromatic N) is 3. The van der Waals surface area contributed by atoms with E-state index >= 15 is 0 Å². The predicted molar refractivity (Wildman–Crippen MR) is 113 cm³/mol. The molecule has 2 aromatic carbocycles. The number of amides is 1. The van der Waals surface area contributed by atoms with Gasteiger partial charge in [-0.1, -0.05) is 37.3 Å². The normalized spacial score (nSPS) is 10.9. The van der Waals surface area contributed by atoms with Crippen molar-refractivity contribution in [3.05, 3.63) is 59.7 Å². The highest BCUT2D eigenvalue weighted by Gasteiger charge is 2.24. The van der Waals surface area contributed by atoms with Crippen LogP contribution < -0.4 is 4.90 Å². The van der Waals surface area contributed by atoms with Crippen LogP contribution in [0.1, 0.15) is 24.2 Å². The second-order valence-electron chi connectivity index (χ2n) is 6.07. The van der Waals surface area contributed by atoms with Gasteiger partial charge in [0.2, 0.25) is 0 Å². The first-order chi connectivity index (χ1) is 13.0. The van der Waals surface area contributed by atoms with Crippen molar-refractivity contribution in [3.63, 3.8) is 0 Å². The highest BCUT2D eigenvalue weighted by Crippen LogP contribution is 2.30. The van der Waals surface area contributed by atoms with E-state index in [1.165, 1.54) is 40.5 Å². The fourth-order valence-electron chi connectivity index (χ4n) is 2.85. The van der Waals surface area contributed by atoms with Crippen LogP contribution in [0.2, 0.25) is 0 Å². The van der Waals surface area contributed by atoms with Crippen LogP contribution in [0.15, 0.2) is 42.5 Å². The average Bonchev–Trinajstić information content (AvgIpc) is 3.08. The van der Waals surface area contributed by atoms with Gasteiger partial charge in [-0.3, -0.25) is 9.69 Å². The maximum atomic E-state index is 14.2. The molecule has 28 heavy (non-hydrogen) atoms. The van der Waals surface area contributed by atoms with Gasteiger partial charge in [-0.05, 0) is 43.4 Å². The lowest BCUT2D eigenvalue weighted by molar-refractivity contribution is 0.0980. The zero-order valence-electron chi connectivity index (χ0n) is 15.7. The van der Waals surface area contributed by atoms with Crippen LogP contribution in [-0.2, 0) is 0 Å². The van der Waals surface area contributed by atoms with Gasteiger partial charge in [-0.25, -0.2) is 13.8 Å². The molecule has 0 spiro atoms. The third kappa shape index (κ3) is 4.84. The molecule has 0 saturated heterocycles. The third-order valence-electron chi connectivity index (χ3n) is 4.45. The first-order valence-corrected chi connectivity index (χ1v) is 9.70. The van der Waals surface area contributed by atoms with Gasteiger partial charge < -0.3 is 4.90 Å². The number of aromatic nitrogens is 1. The molecule has 1 amide bonds. The Hall–Kier alpha value is -2.09. The number of halogens is 3. The maximum Gasteiger partial charge on any atom is 0.263 e. The van der Waals surface area contributed by atoms with Crippen molar-refractivity contribution in [3.8, 4) is 0 Å². The molecule has 1 aromatic heterocycles. The van der Waals surface area contributed by atoms with Crippen molar-refractivity contribution in [2.24, 2.45) is 0 Å². The second-order valence-corrected chi connectivity index (χ2v) is 7.08. The van der Waals surface area contributed by atoms with Crippen molar-refractivity contribution in [1.29, 1.82) is 0 Å².